The molecule has 184 valence electrons. The lowest BCUT2D eigenvalue weighted by Gasteiger charge is -2.34. The number of piperazine rings is 2. The van der Waals surface area contributed by atoms with Crippen LogP contribution < -0.4 is 15.5 Å². The highest BCUT2D eigenvalue weighted by atomic mass is 35.5. The van der Waals surface area contributed by atoms with Crippen molar-refractivity contribution in [2.75, 3.05) is 69.1 Å². The van der Waals surface area contributed by atoms with E-state index in [2.05, 4.69) is 43.5 Å². The largest absolute Gasteiger partial charge is 0.416 e. The number of hydrogen-bond donors (Lipinski definition) is 2. The molecule has 34 heavy (non-hydrogen) atoms. The van der Waals surface area contributed by atoms with Crippen LogP contribution in [0.25, 0.3) is 0 Å². The highest BCUT2D eigenvalue weighted by Crippen LogP contribution is 2.33. The second kappa shape index (κ2) is 11.2. The normalized spacial score (nSPS) is 18.2. The molecular weight excluding hydrogens is 485 g/mol. The quantitative estimate of drug-likeness (QED) is 0.421. The SMILES string of the molecule is C=C(CN1CCNCC1)Nc1ccc(SN2CCN(c3cc(C(F)(F)F)cc(Cl)n3)CC2)cc1. The molecular formula is C23H28ClF3N6S. The Morgan fingerprint density at radius 2 is 1.74 bits per heavy atom. The van der Waals surface area contributed by atoms with Crippen LogP contribution in [-0.2, 0) is 6.18 Å². The van der Waals surface area contributed by atoms with Gasteiger partial charge in [-0.15, -0.1) is 0 Å². The molecule has 11 heteroatoms. The molecule has 2 aromatic rings. The summed E-state index contributed by atoms with van der Waals surface area (Å²) < 4.78 is 41.5. The maximum Gasteiger partial charge on any atom is 0.416 e. The zero-order valence-corrected chi connectivity index (χ0v) is 20.3. The van der Waals surface area contributed by atoms with E-state index in [1.54, 1.807) is 11.9 Å². The maximum absolute atomic E-state index is 13.1. The fraction of sp³-hybridized carbons (Fsp3) is 0.435. The van der Waals surface area contributed by atoms with Gasteiger partial charge in [0.25, 0.3) is 0 Å². The number of benzene rings is 1. The molecule has 0 aliphatic carbocycles. The van der Waals surface area contributed by atoms with Crippen LogP contribution in [0.4, 0.5) is 24.7 Å². The molecule has 1 aromatic heterocycles. The van der Waals surface area contributed by atoms with Gasteiger partial charge in [0.15, 0.2) is 0 Å². The number of anilines is 2. The lowest BCUT2D eigenvalue weighted by atomic mass is 10.2. The second-order valence-corrected chi connectivity index (χ2v) is 9.88. The Bertz CT molecular complexity index is 974. The third-order valence-electron chi connectivity index (χ3n) is 5.70. The smallest absolute Gasteiger partial charge is 0.358 e. The van der Waals surface area contributed by atoms with Gasteiger partial charge in [-0.1, -0.05) is 18.2 Å². The van der Waals surface area contributed by atoms with Crippen LogP contribution in [0.5, 0.6) is 0 Å². The summed E-state index contributed by atoms with van der Waals surface area (Å²) in [4.78, 5) is 9.42. The number of nitrogens with one attached hydrogen (secondary N) is 2. The van der Waals surface area contributed by atoms with E-state index in [-0.39, 0.29) is 11.0 Å². The maximum atomic E-state index is 13.1. The minimum Gasteiger partial charge on any atom is -0.358 e. The van der Waals surface area contributed by atoms with Crippen molar-refractivity contribution in [3.63, 3.8) is 0 Å². The van der Waals surface area contributed by atoms with Crippen LogP contribution in [0.1, 0.15) is 5.56 Å². The van der Waals surface area contributed by atoms with Crippen molar-refractivity contribution in [1.29, 1.82) is 0 Å². The lowest BCUT2D eigenvalue weighted by Crippen LogP contribution is -2.44. The lowest BCUT2D eigenvalue weighted by molar-refractivity contribution is -0.137. The number of hydrogen-bond acceptors (Lipinski definition) is 7. The van der Waals surface area contributed by atoms with Crippen molar-refractivity contribution < 1.29 is 13.2 Å². The predicted molar refractivity (Wildman–Crippen MR) is 132 cm³/mol. The predicted octanol–water partition coefficient (Wildman–Crippen LogP) is 4.41. The molecule has 0 radical (unpaired) electrons. The van der Waals surface area contributed by atoms with Gasteiger partial charge >= 0.3 is 6.18 Å². The Morgan fingerprint density at radius 1 is 1.06 bits per heavy atom. The van der Waals surface area contributed by atoms with Crippen LogP contribution in [0.3, 0.4) is 0 Å². The van der Waals surface area contributed by atoms with Crippen molar-refractivity contribution in [3.8, 4) is 0 Å². The van der Waals surface area contributed by atoms with Crippen molar-refractivity contribution in [1.82, 2.24) is 19.5 Å². The van der Waals surface area contributed by atoms with Gasteiger partial charge in [0.1, 0.15) is 11.0 Å². The molecule has 0 atom stereocenters. The van der Waals surface area contributed by atoms with E-state index < -0.39 is 11.7 Å². The number of halogens is 4. The molecule has 4 rings (SSSR count). The minimum absolute atomic E-state index is 0.147. The Hall–Kier alpha value is -1.98. The van der Waals surface area contributed by atoms with E-state index in [0.29, 0.717) is 26.2 Å². The fourth-order valence-corrected chi connectivity index (χ4v) is 5.05. The van der Waals surface area contributed by atoms with Gasteiger partial charge in [-0.25, -0.2) is 9.29 Å². The molecule has 2 saturated heterocycles. The van der Waals surface area contributed by atoms with Crippen LogP contribution in [0, 0.1) is 0 Å². The summed E-state index contributed by atoms with van der Waals surface area (Å²) in [5, 5.41) is 6.58. The molecule has 6 nitrogen and oxygen atoms in total. The fourth-order valence-electron chi connectivity index (χ4n) is 3.95. The van der Waals surface area contributed by atoms with E-state index >= 15 is 0 Å². The van der Waals surface area contributed by atoms with E-state index in [4.69, 9.17) is 11.6 Å². The molecule has 0 saturated carbocycles. The monoisotopic (exact) mass is 512 g/mol. The average Bonchev–Trinajstić information content (AvgIpc) is 2.80. The average molecular weight is 513 g/mol. The summed E-state index contributed by atoms with van der Waals surface area (Å²) in [6, 6.07) is 10.1. The van der Waals surface area contributed by atoms with Gasteiger partial charge in [-0.2, -0.15) is 13.2 Å². The Balaban J connectivity index is 1.26. The van der Waals surface area contributed by atoms with E-state index in [1.807, 2.05) is 17.0 Å². The molecule has 0 bridgehead atoms. The Morgan fingerprint density at radius 3 is 2.38 bits per heavy atom. The van der Waals surface area contributed by atoms with Gasteiger partial charge in [0.2, 0.25) is 0 Å². The van der Waals surface area contributed by atoms with Crippen molar-refractivity contribution in [2.24, 2.45) is 0 Å². The molecule has 2 aliphatic rings. The molecule has 2 fully saturated rings. The number of rotatable bonds is 7. The summed E-state index contributed by atoms with van der Waals surface area (Å²) >= 11 is 7.48. The van der Waals surface area contributed by atoms with Crippen LogP contribution in [0.2, 0.25) is 5.15 Å². The van der Waals surface area contributed by atoms with Gasteiger partial charge in [0, 0.05) is 75.2 Å². The third-order valence-corrected chi connectivity index (χ3v) is 7.00. The van der Waals surface area contributed by atoms with Gasteiger partial charge < -0.3 is 15.5 Å². The van der Waals surface area contributed by atoms with E-state index in [1.165, 1.54) is 0 Å². The Labute approximate surface area is 207 Å². The molecule has 0 unspecified atom stereocenters. The molecule has 0 amide bonds. The van der Waals surface area contributed by atoms with E-state index in [0.717, 1.165) is 61.1 Å². The summed E-state index contributed by atoms with van der Waals surface area (Å²) in [5.74, 6) is 0.265. The number of pyridine rings is 1. The highest BCUT2D eigenvalue weighted by Gasteiger charge is 2.32. The second-order valence-electron chi connectivity index (χ2n) is 8.32. The van der Waals surface area contributed by atoms with Gasteiger partial charge in [0.05, 0.1) is 5.56 Å². The standard InChI is InChI=1S/C23H28ClF3N6S/c1-17(16-31-8-6-28-7-9-31)29-19-2-4-20(5-3-19)34-33-12-10-32(11-13-33)22-15-18(23(25,26)27)14-21(24)30-22/h2-5,14-15,28-29H,1,6-13,16H2. The van der Waals surface area contributed by atoms with Crippen LogP contribution >= 0.6 is 23.5 Å². The van der Waals surface area contributed by atoms with Crippen LogP contribution in [0.15, 0.2) is 53.6 Å². The summed E-state index contributed by atoms with van der Waals surface area (Å²) in [7, 11) is 0. The van der Waals surface area contributed by atoms with Crippen LogP contribution in [-0.4, -0.2) is 73.1 Å². The number of alkyl halides is 3. The molecule has 2 aliphatic heterocycles. The number of aromatic nitrogens is 1. The Kier molecular flexibility index (Phi) is 8.26. The van der Waals surface area contributed by atoms with Crippen molar-refractivity contribution in [2.45, 2.75) is 11.1 Å². The summed E-state index contributed by atoms with van der Waals surface area (Å²) in [6.45, 7) is 11.6. The zero-order valence-electron chi connectivity index (χ0n) is 18.7. The van der Waals surface area contributed by atoms with Gasteiger partial charge in [-0.3, -0.25) is 4.90 Å². The van der Waals surface area contributed by atoms with Gasteiger partial charge in [-0.05, 0) is 48.3 Å². The zero-order chi connectivity index (χ0) is 24.1. The molecule has 2 N–H and O–H groups in total. The third kappa shape index (κ3) is 7.02. The molecule has 3 heterocycles. The first kappa shape index (κ1) is 25.1. The van der Waals surface area contributed by atoms with Crippen molar-refractivity contribution >= 4 is 35.1 Å². The highest BCUT2D eigenvalue weighted by molar-refractivity contribution is 7.97. The topological polar surface area (TPSA) is 46.7 Å². The van der Waals surface area contributed by atoms with E-state index in [9.17, 15) is 13.2 Å². The van der Waals surface area contributed by atoms with Crippen molar-refractivity contribution in [3.05, 3.63) is 59.4 Å². The number of nitrogens with zero attached hydrogens (tertiary/aromatic N) is 4. The summed E-state index contributed by atoms with van der Waals surface area (Å²) in [6.07, 6.45) is -4.45. The summed E-state index contributed by atoms with van der Waals surface area (Å²) in [5.41, 5.74) is 1.20. The first-order valence-electron chi connectivity index (χ1n) is 11.2. The first-order valence-corrected chi connectivity index (χ1v) is 12.3. The minimum atomic E-state index is -4.45. The molecule has 0 spiro atoms. The molecule has 1 aromatic carbocycles. The first-order chi connectivity index (χ1) is 16.3.